The summed E-state index contributed by atoms with van der Waals surface area (Å²) >= 11 is 3.03. The molecule has 0 radical (unpaired) electrons. The topological polar surface area (TPSA) is 77.1 Å². The Hall–Kier alpha value is -1.83. The number of carbonyl (C=O) groups is 1. The van der Waals surface area contributed by atoms with Gasteiger partial charge in [-0.05, 0) is 50.8 Å². The van der Waals surface area contributed by atoms with E-state index in [0.29, 0.717) is 17.7 Å². The normalized spacial score (nSPS) is 21.4. The maximum Gasteiger partial charge on any atom is 0.412 e. The van der Waals surface area contributed by atoms with E-state index in [1.165, 1.54) is 11.8 Å². The van der Waals surface area contributed by atoms with Crippen molar-refractivity contribution in [2.45, 2.75) is 42.9 Å². The van der Waals surface area contributed by atoms with Crippen LogP contribution in [0.1, 0.15) is 44.2 Å². The number of nitrogens with zero attached hydrogens (tertiary/aromatic N) is 3. The van der Waals surface area contributed by atoms with Gasteiger partial charge in [0.1, 0.15) is 11.5 Å². The fraction of sp³-hybridized carbons (Fsp3) is 0.526. The SMILES string of the molecule is CSC1(C(C#N)c2ccccc2C#N)SCCCN1C(=O)OC(C)(C)C. The Kier molecular flexibility index (Phi) is 6.49. The molecule has 1 aromatic carbocycles. The minimum absolute atomic E-state index is 0.422. The maximum absolute atomic E-state index is 12.9. The molecule has 0 aromatic heterocycles. The fourth-order valence-electron chi connectivity index (χ4n) is 2.93. The van der Waals surface area contributed by atoms with Gasteiger partial charge in [0.15, 0.2) is 4.20 Å². The molecule has 0 saturated carbocycles. The standard InChI is InChI=1S/C19H23N3O2S2/c1-18(2,3)24-17(23)22-10-7-11-26-19(22,25-4)16(13-21)15-9-6-5-8-14(15)12-20/h5-6,8-9,16H,7,10-11H2,1-4H3. The lowest BCUT2D eigenvalue weighted by Gasteiger charge is -2.47. The van der Waals surface area contributed by atoms with Crippen LogP contribution in [0.5, 0.6) is 0 Å². The van der Waals surface area contributed by atoms with Gasteiger partial charge in [0.25, 0.3) is 0 Å². The molecule has 1 amide bonds. The van der Waals surface area contributed by atoms with Crippen LogP contribution in [0.25, 0.3) is 0 Å². The number of rotatable bonds is 3. The summed E-state index contributed by atoms with van der Waals surface area (Å²) < 4.78 is 4.78. The van der Waals surface area contributed by atoms with E-state index in [-0.39, 0.29) is 0 Å². The highest BCUT2D eigenvalue weighted by Crippen LogP contribution is 2.52. The summed E-state index contributed by atoms with van der Waals surface area (Å²) in [5, 5.41) is 19.5. The van der Waals surface area contributed by atoms with E-state index in [2.05, 4.69) is 12.1 Å². The minimum atomic E-state index is -0.831. The number of hydrogen-bond acceptors (Lipinski definition) is 6. The summed E-state index contributed by atoms with van der Waals surface area (Å²) in [7, 11) is 0. The van der Waals surface area contributed by atoms with Crippen molar-refractivity contribution in [3.8, 4) is 12.1 Å². The molecule has 1 aliphatic rings. The first-order valence-corrected chi connectivity index (χ1v) is 10.6. The van der Waals surface area contributed by atoms with Gasteiger partial charge in [-0.15, -0.1) is 23.5 Å². The van der Waals surface area contributed by atoms with Gasteiger partial charge in [0, 0.05) is 6.54 Å². The van der Waals surface area contributed by atoms with Gasteiger partial charge in [-0.1, -0.05) is 18.2 Å². The predicted octanol–water partition coefficient (Wildman–Crippen LogP) is 4.56. The van der Waals surface area contributed by atoms with Crippen molar-refractivity contribution in [3.63, 3.8) is 0 Å². The van der Waals surface area contributed by atoms with E-state index in [1.807, 2.05) is 33.1 Å². The predicted molar refractivity (Wildman–Crippen MR) is 106 cm³/mol. The van der Waals surface area contributed by atoms with E-state index in [0.717, 1.165) is 12.2 Å². The second-order valence-corrected chi connectivity index (χ2v) is 9.54. The van der Waals surface area contributed by atoms with Gasteiger partial charge < -0.3 is 4.74 Å². The molecule has 0 bridgehead atoms. The van der Waals surface area contributed by atoms with Crippen molar-refractivity contribution in [2.75, 3.05) is 18.6 Å². The van der Waals surface area contributed by atoms with Crippen molar-refractivity contribution in [3.05, 3.63) is 35.4 Å². The van der Waals surface area contributed by atoms with Crippen molar-refractivity contribution >= 4 is 29.6 Å². The average Bonchev–Trinajstić information content (AvgIpc) is 2.61. The van der Waals surface area contributed by atoms with E-state index in [4.69, 9.17) is 4.74 Å². The van der Waals surface area contributed by atoms with E-state index in [9.17, 15) is 15.3 Å². The molecule has 26 heavy (non-hydrogen) atoms. The molecule has 1 heterocycles. The molecule has 0 aliphatic carbocycles. The molecular formula is C19H23N3O2S2. The van der Waals surface area contributed by atoms with Crippen molar-refractivity contribution in [2.24, 2.45) is 0 Å². The average molecular weight is 390 g/mol. The van der Waals surface area contributed by atoms with Crippen molar-refractivity contribution < 1.29 is 9.53 Å². The Morgan fingerprint density at radius 2 is 2.08 bits per heavy atom. The number of ether oxygens (including phenoxy) is 1. The largest absolute Gasteiger partial charge is 0.444 e. The second-order valence-electron chi connectivity index (χ2n) is 6.93. The molecule has 7 heteroatoms. The Morgan fingerprint density at radius 3 is 2.65 bits per heavy atom. The molecule has 5 nitrogen and oxygen atoms in total. The zero-order valence-electron chi connectivity index (χ0n) is 15.5. The van der Waals surface area contributed by atoms with E-state index < -0.39 is 21.8 Å². The summed E-state index contributed by atoms with van der Waals surface area (Å²) in [5.74, 6) is 0.193. The molecule has 1 saturated heterocycles. The number of benzene rings is 1. The molecule has 2 rings (SSSR count). The lowest BCUT2D eigenvalue weighted by atomic mass is 9.94. The number of hydrogen-bond donors (Lipinski definition) is 0. The van der Waals surface area contributed by atoms with Gasteiger partial charge in [-0.25, -0.2) is 4.79 Å². The third-order valence-corrected chi connectivity index (χ3v) is 7.26. The summed E-state index contributed by atoms with van der Waals surface area (Å²) in [4.78, 5) is 14.6. The van der Waals surface area contributed by atoms with E-state index in [1.54, 1.807) is 34.9 Å². The van der Waals surface area contributed by atoms with Gasteiger partial charge in [-0.3, -0.25) is 4.90 Å². The Labute approximate surface area is 163 Å². The van der Waals surface area contributed by atoms with Gasteiger partial charge >= 0.3 is 6.09 Å². The van der Waals surface area contributed by atoms with Crippen LogP contribution in [-0.4, -0.2) is 39.4 Å². The van der Waals surface area contributed by atoms with Gasteiger partial charge in [0.05, 0.1) is 17.7 Å². The summed E-state index contributed by atoms with van der Waals surface area (Å²) in [5.41, 5.74) is 0.494. The molecule has 138 valence electrons. The van der Waals surface area contributed by atoms with Crippen molar-refractivity contribution in [1.82, 2.24) is 4.90 Å². The van der Waals surface area contributed by atoms with Gasteiger partial charge in [0.2, 0.25) is 0 Å². The molecular weight excluding hydrogens is 366 g/mol. The quantitative estimate of drug-likeness (QED) is 0.754. The van der Waals surface area contributed by atoms with Gasteiger partial charge in [-0.2, -0.15) is 10.5 Å². The van der Waals surface area contributed by atoms with E-state index >= 15 is 0 Å². The molecule has 1 aromatic rings. The monoisotopic (exact) mass is 389 g/mol. The van der Waals surface area contributed by atoms with Crippen LogP contribution in [-0.2, 0) is 4.74 Å². The lowest BCUT2D eigenvalue weighted by molar-refractivity contribution is 0.0186. The second kappa shape index (κ2) is 8.24. The summed E-state index contributed by atoms with van der Waals surface area (Å²) in [6.45, 7) is 6.01. The zero-order chi connectivity index (χ0) is 19.4. The smallest absolute Gasteiger partial charge is 0.412 e. The van der Waals surface area contributed by atoms with Crippen LogP contribution in [0, 0.1) is 22.7 Å². The molecule has 1 aliphatic heterocycles. The minimum Gasteiger partial charge on any atom is -0.444 e. The first-order valence-electron chi connectivity index (χ1n) is 8.37. The number of carbonyl (C=O) groups excluding carboxylic acids is 1. The molecule has 2 unspecified atom stereocenters. The summed E-state index contributed by atoms with van der Waals surface area (Å²) in [6.07, 6.45) is 2.31. The number of thioether (sulfide) groups is 2. The lowest BCUT2D eigenvalue weighted by Crippen LogP contribution is -2.55. The highest BCUT2D eigenvalue weighted by Gasteiger charge is 2.51. The molecule has 1 fully saturated rings. The van der Waals surface area contributed by atoms with Crippen molar-refractivity contribution in [1.29, 1.82) is 10.5 Å². The first-order chi connectivity index (χ1) is 12.3. The zero-order valence-corrected chi connectivity index (χ0v) is 17.1. The number of nitriles is 2. The Morgan fingerprint density at radius 1 is 1.38 bits per heavy atom. The Bertz CT molecular complexity index is 748. The summed E-state index contributed by atoms with van der Waals surface area (Å²) in [6, 6.07) is 11.6. The number of amides is 1. The van der Waals surface area contributed by atoms with Crippen LogP contribution in [0.15, 0.2) is 24.3 Å². The molecule has 0 N–H and O–H groups in total. The van der Waals surface area contributed by atoms with Crippen LogP contribution in [0.2, 0.25) is 0 Å². The van der Waals surface area contributed by atoms with Crippen LogP contribution in [0.4, 0.5) is 4.79 Å². The maximum atomic E-state index is 12.9. The van der Waals surface area contributed by atoms with Crippen LogP contribution >= 0.6 is 23.5 Å². The highest BCUT2D eigenvalue weighted by atomic mass is 32.2. The third-order valence-electron chi connectivity index (χ3n) is 4.00. The first kappa shape index (κ1) is 20.5. The fourth-order valence-corrected chi connectivity index (χ4v) is 5.69. The molecule has 2 atom stereocenters. The van der Waals surface area contributed by atoms with Crippen LogP contribution in [0.3, 0.4) is 0 Å². The van der Waals surface area contributed by atoms with Crippen LogP contribution < -0.4 is 0 Å². The molecule has 0 spiro atoms. The Balaban J connectivity index is 2.52. The highest BCUT2D eigenvalue weighted by molar-refractivity contribution is 8.18. The third kappa shape index (κ3) is 4.11.